The zero-order chi connectivity index (χ0) is 15.4. The summed E-state index contributed by atoms with van der Waals surface area (Å²) in [6, 6.07) is 7.20. The SMILES string of the molecule is COCCOc1ccc2c(n1)CCN(C(=O)c1ccco1)C2. The third-order valence-corrected chi connectivity index (χ3v) is 3.58. The van der Waals surface area contributed by atoms with Gasteiger partial charge in [0.05, 0.1) is 18.6 Å². The van der Waals surface area contributed by atoms with Gasteiger partial charge in [-0.2, -0.15) is 0 Å². The van der Waals surface area contributed by atoms with E-state index in [0.717, 1.165) is 11.3 Å². The molecule has 0 saturated carbocycles. The Hall–Kier alpha value is -2.34. The number of hydrogen-bond acceptors (Lipinski definition) is 5. The van der Waals surface area contributed by atoms with Crippen molar-refractivity contribution in [3.63, 3.8) is 0 Å². The molecule has 0 fully saturated rings. The number of amides is 1. The predicted molar refractivity (Wildman–Crippen MR) is 78.8 cm³/mol. The van der Waals surface area contributed by atoms with Crippen LogP contribution < -0.4 is 4.74 Å². The number of aromatic nitrogens is 1. The monoisotopic (exact) mass is 302 g/mol. The molecule has 0 spiro atoms. The van der Waals surface area contributed by atoms with E-state index in [9.17, 15) is 4.79 Å². The molecule has 1 amide bonds. The van der Waals surface area contributed by atoms with Crippen molar-refractivity contribution in [3.05, 3.63) is 47.5 Å². The zero-order valence-corrected chi connectivity index (χ0v) is 12.4. The minimum Gasteiger partial charge on any atom is -0.475 e. The average molecular weight is 302 g/mol. The van der Waals surface area contributed by atoms with Crippen molar-refractivity contribution < 1.29 is 18.7 Å². The van der Waals surface area contributed by atoms with Crippen molar-refractivity contribution in [2.45, 2.75) is 13.0 Å². The van der Waals surface area contributed by atoms with Gasteiger partial charge < -0.3 is 18.8 Å². The van der Waals surface area contributed by atoms with E-state index in [1.165, 1.54) is 6.26 Å². The van der Waals surface area contributed by atoms with Gasteiger partial charge in [-0.1, -0.05) is 6.07 Å². The fourth-order valence-corrected chi connectivity index (χ4v) is 2.44. The van der Waals surface area contributed by atoms with E-state index >= 15 is 0 Å². The highest BCUT2D eigenvalue weighted by Crippen LogP contribution is 2.22. The Morgan fingerprint density at radius 3 is 3.05 bits per heavy atom. The lowest BCUT2D eigenvalue weighted by Gasteiger charge is -2.27. The van der Waals surface area contributed by atoms with E-state index < -0.39 is 0 Å². The second-order valence-corrected chi connectivity index (χ2v) is 5.05. The van der Waals surface area contributed by atoms with Crippen LogP contribution >= 0.6 is 0 Å². The van der Waals surface area contributed by atoms with E-state index in [1.807, 2.05) is 12.1 Å². The number of pyridine rings is 1. The van der Waals surface area contributed by atoms with Gasteiger partial charge in [-0.15, -0.1) is 0 Å². The molecule has 6 nitrogen and oxygen atoms in total. The molecule has 22 heavy (non-hydrogen) atoms. The maximum atomic E-state index is 12.3. The van der Waals surface area contributed by atoms with Crippen LogP contribution in [0.5, 0.6) is 5.88 Å². The topological polar surface area (TPSA) is 64.8 Å². The fraction of sp³-hybridized carbons (Fsp3) is 0.375. The van der Waals surface area contributed by atoms with Gasteiger partial charge in [0, 0.05) is 32.7 Å². The average Bonchev–Trinajstić information content (AvgIpc) is 3.08. The molecule has 2 aromatic rings. The molecule has 0 atom stereocenters. The molecule has 0 aliphatic carbocycles. The van der Waals surface area contributed by atoms with Gasteiger partial charge in [-0.3, -0.25) is 4.79 Å². The molecule has 0 saturated heterocycles. The summed E-state index contributed by atoms with van der Waals surface area (Å²) in [4.78, 5) is 18.6. The van der Waals surface area contributed by atoms with E-state index in [0.29, 0.717) is 44.4 Å². The quantitative estimate of drug-likeness (QED) is 0.789. The summed E-state index contributed by atoms with van der Waals surface area (Å²) in [5.74, 6) is 0.883. The lowest BCUT2D eigenvalue weighted by atomic mass is 10.1. The van der Waals surface area contributed by atoms with E-state index in [2.05, 4.69) is 4.98 Å². The third kappa shape index (κ3) is 3.12. The molecule has 0 unspecified atom stereocenters. The van der Waals surface area contributed by atoms with Crippen LogP contribution in [0.15, 0.2) is 34.9 Å². The molecule has 0 radical (unpaired) electrons. The zero-order valence-electron chi connectivity index (χ0n) is 12.4. The number of methoxy groups -OCH3 is 1. The molecule has 0 N–H and O–H groups in total. The smallest absolute Gasteiger partial charge is 0.289 e. The number of ether oxygens (including phenoxy) is 2. The molecule has 3 rings (SSSR count). The highest BCUT2D eigenvalue weighted by Gasteiger charge is 2.24. The lowest BCUT2D eigenvalue weighted by Crippen LogP contribution is -2.36. The standard InChI is InChI=1S/C16H18N2O4/c1-20-9-10-22-15-5-4-12-11-18(7-6-13(12)17-15)16(19)14-3-2-8-21-14/h2-5,8H,6-7,9-11H2,1H3. The van der Waals surface area contributed by atoms with E-state index in [4.69, 9.17) is 13.9 Å². The van der Waals surface area contributed by atoms with Crippen LogP contribution in [0.1, 0.15) is 21.8 Å². The first-order valence-corrected chi connectivity index (χ1v) is 7.21. The van der Waals surface area contributed by atoms with Gasteiger partial charge in [-0.25, -0.2) is 4.98 Å². The number of carbonyl (C=O) groups excluding carboxylic acids is 1. The van der Waals surface area contributed by atoms with Crippen molar-refractivity contribution >= 4 is 5.91 Å². The number of carbonyl (C=O) groups is 1. The van der Waals surface area contributed by atoms with Crippen LogP contribution in [-0.4, -0.2) is 42.7 Å². The Balaban J connectivity index is 1.67. The minimum absolute atomic E-state index is 0.0870. The molecule has 1 aliphatic rings. The summed E-state index contributed by atoms with van der Waals surface area (Å²) >= 11 is 0. The first kappa shape index (κ1) is 14.6. The van der Waals surface area contributed by atoms with Crippen molar-refractivity contribution in [2.24, 2.45) is 0 Å². The van der Waals surface area contributed by atoms with Gasteiger partial charge in [-0.05, 0) is 17.7 Å². The summed E-state index contributed by atoms with van der Waals surface area (Å²) in [6.45, 7) is 2.18. The minimum atomic E-state index is -0.0870. The molecular formula is C16H18N2O4. The number of hydrogen-bond donors (Lipinski definition) is 0. The maximum absolute atomic E-state index is 12.3. The van der Waals surface area contributed by atoms with Gasteiger partial charge in [0.25, 0.3) is 5.91 Å². The van der Waals surface area contributed by atoms with Crippen LogP contribution in [0, 0.1) is 0 Å². The van der Waals surface area contributed by atoms with Crippen molar-refractivity contribution in [1.29, 1.82) is 0 Å². The van der Waals surface area contributed by atoms with Gasteiger partial charge in [0.2, 0.25) is 5.88 Å². The highest BCUT2D eigenvalue weighted by molar-refractivity contribution is 5.91. The maximum Gasteiger partial charge on any atom is 0.289 e. The fourth-order valence-electron chi connectivity index (χ4n) is 2.44. The van der Waals surface area contributed by atoms with Crippen LogP contribution in [-0.2, 0) is 17.7 Å². The summed E-state index contributed by atoms with van der Waals surface area (Å²) < 4.78 is 15.6. The van der Waals surface area contributed by atoms with Crippen LogP contribution in [0.3, 0.4) is 0 Å². The highest BCUT2D eigenvalue weighted by atomic mass is 16.5. The Kier molecular flexibility index (Phi) is 4.39. The molecular weight excluding hydrogens is 284 g/mol. The molecule has 0 aromatic carbocycles. The molecule has 3 heterocycles. The van der Waals surface area contributed by atoms with Gasteiger partial charge >= 0.3 is 0 Å². The number of furan rings is 1. The molecule has 0 bridgehead atoms. The van der Waals surface area contributed by atoms with Crippen LogP contribution in [0.2, 0.25) is 0 Å². The Morgan fingerprint density at radius 2 is 2.27 bits per heavy atom. The predicted octanol–water partition coefficient (Wildman–Crippen LogP) is 1.90. The third-order valence-electron chi connectivity index (χ3n) is 3.58. The molecule has 1 aliphatic heterocycles. The summed E-state index contributed by atoms with van der Waals surface area (Å²) in [7, 11) is 1.63. The first-order valence-electron chi connectivity index (χ1n) is 7.21. The summed E-state index contributed by atoms with van der Waals surface area (Å²) in [6.07, 6.45) is 2.22. The van der Waals surface area contributed by atoms with Crippen LogP contribution in [0.4, 0.5) is 0 Å². The van der Waals surface area contributed by atoms with Crippen molar-refractivity contribution in [1.82, 2.24) is 9.88 Å². The molecule has 6 heteroatoms. The molecule has 2 aromatic heterocycles. The van der Waals surface area contributed by atoms with Crippen LogP contribution in [0.25, 0.3) is 0 Å². The van der Waals surface area contributed by atoms with Gasteiger partial charge in [0.1, 0.15) is 6.61 Å². The second-order valence-electron chi connectivity index (χ2n) is 5.05. The Labute approximate surface area is 128 Å². The number of nitrogens with zero attached hydrogens (tertiary/aromatic N) is 2. The van der Waals surface area contributed by atoms with Gasteiger partial charge in [0.15, 0.2) is 5.76 Å². The lowest BCUT2D eigenvalue weighted by molar-refractivity contribution is 0.0701. The van der Waals surface area contributed by atoms with E-state index in [1.54, 1.807) is 24.1 Å². The summed E-state index contributed by atoms with van der Waals surface area (Å²) in [5, 5.41) is 0. The largest absolute Gasteiger partial charge is 0.475 e. The normalized spacial score (nSPS) is 13.8. The summed E-state index contributed by atoms with van der Waals surface area (Å²) in [5.41, 5.74) is 2.03. The first-order chi connectivity index (χ1) is 10.8. The van der Waals surface area contributed by atoms with Crippen molar-refractivity contribution in [3.8, 4) is 5.88 Å². The number of rotatable bonds is 5. The number of fused-ring (bicyclic) bond motifs is 1. The Bertz CT molecular complexity index is 640. The second kappa shape index (κ2) is 6.62. The molecule has 116 valence electrons. The van der Waals surface area contributed by atoms with E-state index in [-0.39, 0.29) is 5.91 Å². The van der Waals surface area contributed by atoms with Crippen molar-refractivity contribution in [2.75, 3.05) is 26.9 Å². The Morgan fingerprint density at radius 1 is 1.36 bits per heavy atom.